The van der Waals surface area contributed by atoms with Crippen molar-refractivity contribution >= 4 is 11.9 Å². The number of rotatable bonds is 3. The maximum Gasteiger partial charge on any atom is 0.416 e. The summed E-state index contributed by atoms with van der Waals surface area (Å²) in [4.78, 5) is 12.1. The third-order valence-corrected chi connectivity index (χ3v) is 4.77. The first kappa shape index (κ1) is 17.5. The second kappa shape index (κ2) is 6.87. The molecule has 130 valence electrons. The number of allylic oxidation sites excluding steroid dienone is 1. The first-order valence-corrected chi connectivity index (χ1v) is 8.33. The number of Topliss-reactive ketones (excluding diaryl/α,β-unsaturated/α-hetero) is 1. The van der Waals surface area contributed by atoms with Crippen molar-refractivity contribution in [2.24, 2.45) is 0 Å². The summed E-state index contributed by atoms with van der Waals surface area (Å²) in [6.45, 7) is 0. The Balaban J connectivity index is 1.97. The van der Waals surface area contributed by atoms with Gasteiger partial charge in [-0.05, 0) is 36.1 Å². The van der Waals surface area contributed by atoms with Gasteiger partial charge in [-0.25, -0.2) is 0 Å². The van der Waals surface area contributed by atoms with Crippen molar-refractivity contribution in [2.45, 2.75) is 37.3 Å². The average Bonchev–Trinajstić information content (AvgIpc) is 2.60. The summed E-state index contributed by atoms with van der Waals surface area (Å²) in [6, 6.07) is 14.9. The van der Waals surface area contributed by atoms with E-state index >= 15 is 0 Å². The lowest BCUT2D eigenvalue weighted by molar-refractivity contribution is -0.137. The van der Waals surface area contributed by atoms with Crippen molar-refractivity contribution in [1.29, 1.82) is 0 Å². The summed E-state index contributed by atoms with van der Waals surface area (Å²) in [6.07, 6.45) is 1.97. The second-order valence-corrected chi connectivity index (χ2v) is 6.54. The summed E-state index contributed by atoms with van der Waals surface area (Å²) in [5.41, 5.74) is 0.572. The van der Waals surface area contributed by atoms with E-state index in [-0.39, 0.29) is 5.78 Å². The van der Waals surface area contributed by atoms with Gasteiger partial charge in [0.15, 0.2) is 0 Å². The van der Waals surface area contributed by atoms with Gasteiger partial charge in [0.1, 0.15) is 5.78 Å². The second-order valence-electron chi connectivity index (χ2n) is 6.54. The minimum atomic E-state index is -4.35. The fourth-order valence-corrected chi connectivity index (χ4v) is 3.43. The number of hydrogen-bond donors (Lipinski definition) is 0. The molecule has 0 amide bonds. The molecular formula is C21H19F3O. The van der Waals surface area contributed by atoms with Crippen LogP contribution in [0.1, 0.15) is 42.4 Å². The van der Waals surface area contributed by atoms with Gasteiger partial charge in [-0.15, -0.1) is 0 Å². The van der Waals surface area contributed by atoms with Gasteiger partial charge in [-0.2, -0.15) is 13.2 Å². The van der Waals surface area contributed by atoms with Crippen molar-refractivity contribution in [3.63, 3.8) is 0 Å². The van der Waals surface area contributed by atoms with Gasteiger partial charge < -0.3 is 0 Å². The van der Waals surface area contributed by atoms with Crippen LogP contribution in [-0.2, 0) is 16.4 Å². The highest BCUT2D eigenvalue weighted by molar-refractivity contribution is 5.82. The molecule has 1 unspecified atom stereocenters. The Hall–Kier alpha value is -2.36. The molecule has 1 atom stereocenters. The van der Waals surface area contributed by atoms with Crippen LogP contribution in [0.5, 0.6) is 0 Å². The van der Waals surface area contributed by atoms with E-state index in [0.29, 0.717) is 12.8 Å². The van der Waals surface area contributed by atoms with Crippen molar-refractivity contribution in [3.8, 4) is 0 Å². The van der Waals surface area contributed by atoms with Crippen LogP contribution in [-0.4, -0.2) is 5.78 Å². The highest BCUT2D eigenvalue weighted by Gasteiger charge is 2.36. The number of alkyl halides is 3. The summed E-state index contributed by atoms with van der Waals surface area (Å²) in [7, 11) is 0. The third-order valence-electron chi connectivity index (χ3n) is 4.77. The maximum atomic E-state index is 12.8. The molecule has 1 saturated carbocycles. The lowest BCUT2D eigenvalue weighted by atomic mass is 9.68. The minimum absolute atomic E-state index is 0.156. The fraction of sp³-hybridized carbons (Fsp3) is 0.286. The Morgan fingerprint density at radius 1 is 0.960 bits per heavy atom. The Labute approximate surface area is 145 Å². The molecule has 0 aliphatic heterocycles. The van der Waals surface area contributed by atoms with E-state index in [2.05, 4.69) is 0 Å². The fourth-order valence-electron chi connectivity index (χ4n) is 3.43. The van der Waals surface area contributed by atoms with Crippen molar-refractivity contribution in [2.75, 3.05) is 0 Å². The number of hydrogen-bond acceptors (Lipinski definition) is 1. The van der Waals surface area contributed by atoms with E-state index in [9.17, 15) is 18.0 Å². The summed E-state index contributed by atoms with van der Waals surface area (Å²) >= 11 is 0. The molecule has 0 heterocycles. The summed E-state index contributed by atoms with van der Waals surface area (Å²) in [5.74, 6) is 0.156. The Bertz CT molecular complexity index is 760. The molecular weight excluding hydrogens is 325 g/mol. The third kappa shape index (κ3) is 4.01. The topological polar surface area (TPSA) is 17.1 Å². The van der Waals surface area contributed by atoms with Gasteiger partial charge in [0, 0.05) is 18.3 Å². The Kier molecular flexibility index (Phi) is 4.80. The Morgan fingerprint density at radius 3 is 2.24 bits per heavy atom. The van der Waals surface area contributed by atoms with E-state index < -0.39 is 17.2 Å². The first-order chi connectivity index (χ1) is 11.9. The number of carbonyl (C=O) groups is 1. The molecule has 4 heteroatoms. The van der Waals surface area contributed by atoms with Crippen molar-refractivity contribution < 1.29 is 18.0 Å². The van der Waals surface area contributed by atoms with Gasteiger partial charge in [0.2, 0.25) is 0 Å². The predicted octanol–water partition coefficient (Wildman–Crippen LogP) is 5.80. The highest BCUT2D eigenvalue weighted by atomic mass is 19.4. The monoisotopic (exact) mass is 344 g/mol. The van der Waals surface area contributed by atoms with Crippen molar-refractivity contribution in [1.82, 2.24) is 0 Å². The van der Waals surface area contributed by atoms with Gasteiger partial charge in [-0.1, -0.05) is 54.6 Å². The number of ketones is 1. The normalized spacial score (nSPS) is 21.6. The van der Waals surface area contributed by atoms with E-state index in [1.165, 1.54) is 12.1 Å². The van der Waals surface area contributed by atoms with Crippen LogP contribution in [0.4, 0.5) is 13.2 Å². The molecule has 1 aliphatic carbocycles. The molecule has 2 aromatic rings. The lowest BCUT2D eigenvalue weighted by Crippen LogP contribution is -2.31. The molecule has 3 rings (SSSR count). The van der Waals surface area contributed by atoms with E-state index in [1.807, 2.05) is 42.5 Å². The van der Waals surface area contributed by atoms with Gasteiger partial charge in [0.05, 0.1) is 5.56 Å². The molecule has 0 bridgehead atoms. The standard InChI is InChI=1S/C21H19F3O/c22-21(23,24)18-10-8-17(9-11-18)20(13-4-7-19(25)15-20)14-12-16-5-2-1-3-6-16/h1-3,5-6,8-12,14H,4,7,13,15H2/b14-12+. The summed E-state index contributed by atoms with van der Waals surface area (Å²) in [5, 5.41) is 0. The van der Waals surface area contributed by atoms with Gasteiger partial charge >= 0.3 is 6.18 Å². The number of benzene rings is 2. The smallest absolute Gasteiger partial charge is 0.300 e. The van der Waals surface area contributed by atoms with E-state index in [4.69, 9.17) is 0 Å². The molecule has 2 aromatic carbocycles. The predicted molar refractivity (Wildman–Crippen MR) is 92.1 cm³/mol. The number of carbonyl (C=O) groups excluding carboxylic acids is 1. The van der Waals surface area contributed by atoms with Gasteiger partial charge in [0.25, 0.3) is 0 Å². The molecule has 1 nitrogen and oxygen atoms in total. The Morgan fingerprint density at radius 2 is 1.64 bits per heavy atom. The van der Waals surface area contributed by atoms with E-state index in [1.54, 1.807) is 0 Å². The van der Waals surface area contributed by atoms with Crippen LogP contribution in [0.2, 0.25) is 0 Å². The van der Waals surface area contributed by atoms with E-state index in [0.717, 1.165) is 36.1 Å². The van der Waals surface area contributed by atoms with Crippen LogP contribution in [0.15, 0.2) is 60.7 Å². The van der Waals surface area contributed by atoms with Crippen LogP contribution < -0.4 is 0 Å². The molecule has 0 radical (unpaired) electrons. The van der Waals surface area contributed by atoms with Gasteiger partial charge in [-0.3, -0.25) is 4.79 Å². The molecule has 0 aromatic heterocycles. The zero-order valence-electron chi connectivity index (χ0n) is 13.7. The molecule has 25 heavy (non-hydrogen) atoms. The summed E-state index contributed by atoms with van der Waals surface area (Å²) < 4.78 is 38.5. The molecule has 0 saturated heterocycles. The molecule has 0 spiro atoms. The SMILES string of the molecule is O=C1CCCC(/C=C/c2ccccc2)(c2ccc(C(F)(F)F)cc2)C1. The zero-order valence-corrected chi connectivity index (χ0v) is 13.7. The maximum absolute atomic E-state index is 12.8. The van der Waals surface area contributed by atoms with Crippen LogP contribution in [0.3, 0.4) is 0 Å². The first-order valence-electron chi connectivity index (χ1n) is 8.33. The average molecular weight is 344 g/mol. The number of halogens is 3. The minimum Gasteiger partial charge on any atom is -0.300 e. The zero-order chi connectivity index (χ0) is 17.9. The van der Waals surface area contributed by atoms with Crippen LogP contribution >= 0.6 is 0 Å². The van der Waals surface area contributed by atoms with Crippen LogP contribution in [0.25, 0.3) is 6.08 Å². The largest absolute Gasteiger partial charge is 0.416 e. The molecule has 1 aliphatic rings. The van der Waals surface area contributed by atoms with Crippen molar-refractivity contribution in [3.05, 3.63) is 77.4 Å². The molecule has 0 N–H and O–H groups in total. The highest BCUT2D eigenvalue weighted by Crippen LogP contribution is 2.41. The van der Waals surface area contributed by atoms with Crippen LogP contribution in [0, 0.1) is 0 Å². The quantitative estimate of drug-likeness (QED) is 0.688. The lowest BCUT2D eigenvalue weighted by Gasteiger charge is -2.34. The molecule has 1 fully saturated rings.